The summed E-state index contributed by atoms with van der Waals surface area (Å²) in [7, 11) is 0. The number of para-hydroxylation sites is 1. The van der Waals surface area contributed by atoms with Crippen molar-refractivity contribution in [1.82, 2.24) is 5.43 Å². The van der Waals surface area contributed by atoms with Gasteiger partial charge in [-0.15, -0.1) is 0 Å². The van der Waals surface area contributed by atoms with Crippen LogP contribution in [0.25, 0.3) is 0 Å². The zero-order chi connectivity index (χ0) is 22.1. The molecule has 31 heavy (non-hydrogen) atoms. The van der Waals surface area contributed by atoms with E-state index in [1.165, 1.54) is 24.4 Å². The van der Waals surface area contributed by atoms with Gasteiger partial charge in [-0.3, -0.25) is 4.79 Å². The average Bonchev–Trinajstić information content (AvgIpc) is 2.79. The van der Waals surface area contributed by atoms with Crippen molar-refractivity contribution in [2.45, 2.75) is 0 Å². The first kappa shape index (κ1) is 21.2. The predicted molar refractivity (Wildman–Crippen MR) is 110 cm³/mol. The first-order chi connectivity index (χ1) is 15.0. The van der Waals surface area contributed by atoms with Crippen LogP contribution in [-0.4, -0.2) is 24.7 Å². The molecule has 0 unspecified atom stereocenters. The quantitative estimate of drug-likeness (QED) is 0.275. The Morgan fingerprint density at radius 1 is 1.06 bits per heavy atom. The maximum atomic E-state index is 13.2. The van der Waals surface area contributed by atoms with E-state index in [9.17, 15) is 14.0 Å². The minimum Gasteiger partial charge on any atom is -0.482 e. The fraction of sp³-hybridized carbons (Fsp3) is 0.0435. The van der Waals surface area contributed by atoms with Crippen molar-refractivity contribution in [2.75, 3.05) is 6.61 Å². The molecule has 0 saturated heterocycles. The molecular weight excluding hydrogens is 401 g/mol. The van der Waals surface area contributed by atoms with Gasteiger partial charge < -0.3 is 9.47 Å². The molecule has 1 amide bonds. The third-order valence-electron chi connectivity index (χ3n) is 3.92. The fourth-order valence-corrected chi connectivity index (χ4v) is 2.44. The number of hydrazone groups is 1. The third-order valence-corrected chi connectivity index (χ3v) is 3.92. The Morgan fingerprint density at radius 2 is 1.84 bits per heavy atom. The number of nitriles is 1. The normalized spacial score (nSPS) is 10.3. The minimum absolute atomic E-state index is 0.105. The molecule has 0 aliphatic carbocycles. The molecule has 0 aromatic heterocycles. The van der Waals surface area contributed by atoms with Crippen molar-refractivity contribution in [3.05, 3.63) is 95.3 Å². The molecule has 1 N–H and O–H groups in total. The second kappa shape index (κ2) is 10.3. The van der Waals surface area contributed by atoms with Crippen molar-refractivity contribution in [3.8, 4) is 17.6 Å². The lowest BCUT2D eigenvalue weighted by atomic mass is 10.2. The second-order valence-electron chi connectivity index (χ2n) is 6.16. The van der Waals surface area contributed by atoms with E-state index >= 15 is 0 Å². The van der Waals surface area contributed by atoms with E-state index in [-0.39, 0.29) is 17.9 Å². The number of rotatable bonds is 7. The molecule has 0 fully saturated rings. The number of esters is 1. The van der Waals surface area contributed by atoms with Crippen LogP contribution in [0.3, 0.4) is 0 Å². The third kappa shape index (κ3) is 6.24. The Hall–Kier alpha value is -4.51. The molecule has 0 radical (unpaired) electrons. The van der Waals surface area contributed by atoms with Crippen LogP contribution < -0.4 is 14.9 Å². The molecule has 0 atom stereocenters. The van der Waals surface area contributed by atoms with Crippen molar-refractivity contribution < 1.29 is 23.5 Å². The Bertz CT molecular complexity index is 1150. The number of hydrogen-bond acceptors (Lipinski definition) is 6. The van der Waals surface area contributed by atoms with Crippen molar-refractivity contribution in [2.24, 2.45) is 5.10 Å². The molecule has 3 rings (SSSR count). The number of amides is 1. The molecule has 154 valence electrons. The van der Waals surface area contributed by atoms with Gasteiger partial charge in [0, 0.05) is 0 Å². The fourth-order valence-electron chi connectivity index (χ4n) is 2.44. The van der Waals surface area contributed by atoms with Crippen LogP contribution in [0.5, 0.6) is 11.5 Å². The van der Waals surface area contributed by atoms with Gasteiger partial charge in [-0.2, -0.15) is 10.4 Å². The lowest BCUT2D eigenvalue weighted by molar-refractivity contribution is -0.123. The summed E-state index contributed by atoms with van der Waals surface area (Å²) in [5, 5.41) is 12.8. The van der Waals surface area contributed by atoms with E-state index in [1.807, 2.05) is 6.07 Å². The molecule has 0 spiro atoms. The van der Waals surface area contributed by atoms with Crippen LogP contribution in [0.2, 0.25) is 0 Å². The molecule has 0 saturated carbocycles. The van der Waals surface area contributed by atoms with Crippen LogP contribution in [0.4, 0.5) is 4.39 Å². The van der Waals surface area contributed by atoms with E-state index in [2.05, 4.69) is 10.5 Å². The Kier molecular flexibility index (Phi) is 7.06. The lowest BCUT2D eigenvalue weighted by Crippen LogP contribution is -2.24. The van der Waals surface area contributed by atoms with Gasteiger partial charge in [-0.1, -0.05) is 18.2 Å². The summed E-state index contributed by atoms with van der Waals surface area (Å²) >= 11 is 0. The van der Waals surface area contributed by atoms with Gasteiger partial charge in [-0.25, -0.2) is 14.6 Å². The Labute approximate surface area is 177 Å². The SMILES string of the molecule is N#Cc1ccccc1OCC(=O)N/N=C\c1ccc(OC(=O)c2cccc(F)c2)cc1. The number of hydrogen-bond donors (Lipinski definition) is 1. The average molecular weight is 417 g/mol. The molecule has 0 aliphatic rings. The second-order valence-corrected chi connectivity index (χ2v) is 6.16. The van der Waals surface area contributed by atoms with E-state index < -0.39 is 17.7 Å². The van der Waals surface area contributed by atoms with Crippen LogP contribution >= 0.6 is 0 Å². The Morgan fingerprint density at radius 3 is 2.58 bits per heavy atom. The zero-order valence-electron chi connectivity index (χ0n) is 16.1. The van der Waals surface area contributed by atoms with Crippen molar-refractivity contribution >= 4 is 18.1 Å². The zero-order valence-corrected chi connectivity index (χ0v) is 16.1. The largest absolute Gasteiger partial charge is 0.482 e. The molecular formula is C23H16FN3O4. The number of carbonyl (C=O) groups is 2. The van der Waals surface area contributed by atoms with Gasteiger partial charge in [-0.05, 0) is 60.2 Å². The number of nitrogens with one attached hydrogen (secondary N) is 1. The van der Waals surface area contributed by atoms with Crippen LogP contribution in [0.15, 0.2) is 77.9 Å². The van der Waals surface area contributed by atoms with Crippen LogP contribution in [0.1, 0.15) is 21.5 Å². The molecule has 0 bridgehead atoms. The summed E-state index contributed by atoms with van der Waals surface area (Å²) < 4.78 is 23.7. The van der Waals surface area contributed by atoms with Gasteiger partial charge in [0.1, 0.15) is 23.4 Å². The molecule has 7 nitrogen and oxygen atoms in total. The van der Waals surface area contributed by atoms with Gasteiger partial charge >= 0.3 is 5.97 Å². The van der Waals surface area contributed by atoms with E-state index in [0.29, 0.717) is 16.9 Å². The number of ether oxygens (including phenoxy) is 2. The van der Waals surface area contributed by atoms with Gasteiger partial charge in [0.05, 0.1) is 17.3 Å². The van der Waals surface area contributed by atoms with E-state index in [0.717, 1.165) is 6.07 Å². The molecule has 3 aromatic carbocycles. The first-order valence-corrected chi connectivity index (χ1v) is 9.07. The van der Waals surface area contributed by atoms with E-state index in [4.69, 9.17) is 14.7 Å². The monoisotopic (exact) mass is 417 g/mol. The standard InChI is InChI=1S/C23H16FN3O4/c24-19-6-3-5-17(12-19)23(29)31-20-10-8-16(9-11-20)14-26-27-22(28)15-30-21-7-2-1-4-18(21)13-25/h1-12,14H,15H2,(H,27,28)/b26-14-. The smallest absolute Gasteiger partial charge is 0.343 e. The molecule has 3 aromatic rings. The van der Waals surface area contributed by atoms with Crippen molar-refractivity contribution in [1.29, 1.82) is 5.26 Å². The van der Waals surface area contributed by atoms with Gasteiger partial charge in [0.2, 0.25) is 0 Å². The topological polar surface area (TPSA) is 101 Å². The summed E-state index contributed by atoms with van der Waals surface area (Å²) in [4.78, 5) is 23.8. The number of halogens is 1. The summed E-state index contributed by atoms with van der Waals surface area (Å²) in [5.74, 6) is -1.11. The van der Waals surface area contributed by atoms with Crippen LogP contribution in [0, 0.1) is 17.1 Å². The highest BCUT2D eigenvalue weighted by Gasteiger charge is 2.09. The maximum Gasteiger partial charge on any atom is 0.343 e. The highest BCUT2D eigenvalue weighted by Crippen LogP contribution is 2.16. The summed E-state index contributed by atoms with van der Waals surface area (Å²) in [6.07, 6.45) is 1.40. The summed E-state index contributed by atoms with van der Waals surface area (Å²) in [6, 6.07) is 20.1. The maximum absolute atomic E-state index is 13.2. The molecule has 8 heteroatoms. The molecule has 0 heterocycles. The Balaban J connectivity index is 1.48. The number of nitrogens with zero attached hydrogens (tertiary/aromatic N) is 2. The van der Waals surface area contributed by atoms with Crippen LogP contribution in [-0.2, 0) is 4.79 Å². The number of benzene rings is 3. The highest BCUT2D eigenvalue weighted by molar-refractivity contribution is 5.91. The molecule has 0 aliphatic heterocycles. The first-order valence-electron chi connectivity index (χ1n) is 9.07. The van der Waals surface area contributed by atoms with E-state index in [1.54, 1.807) is 48.5 Å². The number of carbonyl (C=O) groups excluding carboxylic acids is 2. The van der Waals surface area contributed by atoms with Gasteiger partial charge in [0.15, 0.2) is 6.61 Å². The van der Waals surface area contributed by atoms with Crippen molar-refractivity contribution in [3.63, 3.8) is 0 Å². The summed E-state index contributed by atoms with van der Waals surface area (Å²) in [6.45, 7) is -0.301. The van der Waals surface area contributed by atoms with Gasteiger partial charge in [0.25, 0.3) is 5.91 Å². The minimum atomic E-state index is -0.675. The lowest BCUT2D eigenvalue weighted by Gasteiger charge is -2.06. The summed E-state index contributed by atoms with van der Waals surface area (Å²) in [5.41, 5.74) is 3.39. The highest BCUT2D eigenvalue weighted by atomic mass is 19.1. The predicted octanol–water partition coefficient (Wildman–Crippen LogP) is 3.45.